The Kier molecular flexibility index (Phi) is 15.1. The SMILES string of the molecule is CCC(C)CNC(=O)C1CC(O)CN1C(=O)C(NC(=O)COCCOCCOCCNC)C(C)(C)C. The highest BCUT2D eigenvalue weighted by Crippen LogP contribution is 2.26. The highest BCUT2D eigenvalue weighted by molar-refractivity contribution is 5.93. The van der Waals surface area contributed by atoms with Gasteiger partial charge < -0.3 is 40.2 Å². The first-order valence-corrected chi connectivity index (χ1v) is 12.9. The summed E-state index contributed by atoms with van der Waals surface area (Å²) >= 11 is 0. The van der Waals surface area contributed by atoms with Gasteiger partial charge in [-0.3, -0.25) is 14.4 Å². The molecule has 0 aromatic carbocycles. The second kappa shape index (κ2) is 16.9. The topological polar surface area (TPSA) is 138 Å². The lowest BCUT2D eigenvalue weighted by Crippen LogP contribution is -2.58. The van der Waals surface area contributed by atoms with Crippen LogP contribution in [0.2, 0.25) is 0 Å². The zero-order valence-electron chi connectivity index (χ0n) is 22.9. The molecule has 1 rings (SSSR count). The number of hydrogen-bond donors (Lipinski definition) is 4. The number of ether oxygens (including phenoxy) is 3. The second-order valence-electron chi connectivity index (χ2n) is 10.4. The van der Waals surface area contributed by atoms with E-state index < -0.39 is 35.4 Å². The van der Waals surface area contributed by atoms with Crippen LogP contribution in [0.1, 0.15) is 47.5 Å². The van der Waals surface area contributed by atoms with Gasteiger partial charge >= 0.3 is 0 Å². The number of β-amino-alcohol motifs (C(OH)–C–C–N with tert-alkyl or cyclic N) is 1. The number of aliphatic hydroxyl groups is 1. The van der Waals surface area contributed by atoms with Crippen LogP contribution in [0, 0.1) is 11.3 Å². The Morgan fingerprint density at radius 3 is 2.25 bits per heavy atom. The summed E-state index contributed by atoms with van der Waals surface area (Å²) in [6.45, 7) is 12.8. The van der Waals surface area contributed by atoms with Gasteiger partial charge in [0.15, 0.2) is 0 Å². The molecule has 1 aliphatic heterocycles. The quantitative estimate of drug-likeness (QED) is 0.197. The van der Waals surface area contributed by atoms with Gasteiger partial charge in [0.05, 0.1) is 39.1 Å². The van der Waals surface area contributed by atoms with Gasteiger partial charge in [0.2, 0.25) is 17.7 Å². The lowest BCUT2D eigenvalue weighted by molar-refractivity contribution is -0.144. The van der Waals surface area contributed by atoms with Gasteiger partial charge in [-0.05, 0) is 18.4 Å². The molecule has 11 heteroatoms. The van der Waals surface area contributed by atoms with E-state index in [1.807, 2.05) is 41.7 Å². The van der Waals surface area contributed by atoms with Crippen LogP contribution < -0.4 is 16.0 Å². The van der Waals surface area contributed by atoms with Gasteiger partial charge in [-0.15, -0.1) is 0 Å². The number of carbonyl (C=O) groups excluding carboxylic acids is 3. The van der Waals surface area contributed by atoms with E-state index in [1.165, 1.54) is 4.90 Å². The van der Waals surface area contributed by atoms with Crippen molar-refractivity contribution in [3.05, 3.63) is 0 Å². The van der Waals surface area contributed by atoms with Gasteiger partial charge in [0, 0.05) is 26.1 Å². The molecule has 4 N–H and O–H groups in total. The fourth-order valence-electron chi connectivity index (χ4n) is 3.64. The normalized spacial score (nSPS) is 19.7. The number of likely N-dealkylation sites (N-methyl/N-ethyl adjacent to an activating group) is 1. The first kappa shape index (κ1) is 32.2. The van der Waals surface area contributed by atoms with E-state index in [2.05, 4.69) is 16.0 Å². The summed E-state index contributed by atoms with van der Waals surface area (Å²) in [4.78, 5) is 40.2. The van der Waals surface area contributed by atoms with Crippen molar-refractivity contribution in [3.8, 4) is 0 Å². The first-order valence-electron chi connectivity index (χ1n) is 12.9. The fraction of sp³-hybridized carbons (Fsp3) is 0.880. The Balaban J connectivity index is 2.56. The van der Waals surface area contributed by atoms with E-state index in [4.69, 9.17) is 14.2 Å². The van der Waals surface area contributed by atoms with Crippen LogP contribution in [0.5, 0.6) is 0 Å². The highest BCUT2D eigenvalue weighted by Gasteiger charge is 2.44. The van der Waals surface area contributed by atoms with Gasteiger partial charge in [-0.25, -0.2) is 0 Å². The molecule has 1 aliphatic rings. The molecule has 1 fully saturated rings. The average Bonchev–Trinajstić information content (AvgIpc) is 3.22. The number of hydrogen-bond acceptors (Lipinski definition) is 8. The molecule has 0 aliphatic carbocycles. The van der Waals surface area contributed by atoms with Crippen molar-refractivity contribution in [2.45, 2.75) is 65.6 Å². The lowest BCUT2D eigenvalue weighted by Gasteiger charge is -2.35. The summed E-state index contributed by atoms with van der Waals surface area (Å²) in [5, 5.41) is 18.8. The molecule has 0 saturated carbocycles. The van der Waals surface area contributed by atoms with Crippen LogP contribution in [0.25, 0.3) is 0 Å². The number of aliphatic hydroxyl groups excluding tert-OH is 1. The average molecular weight is 517 g/mol. The minimum Gasteiger partial charge on any atom is -0.391 e. The number of likely N-dealkylation sites (tertiary alicyclic amines) is 1. The van der Waals surface area contributed by atoms with E-state index in [1.54, 1.807) is 0 Å². The summed E-state index contributed by atoms with van der Waals surface area (Å²) < 4.78 is 16.1. The van der Waals surface area contributed by atoms with Crippen molar-refractivity contribution in [2.75, 3.05) is 66.3 Å². The minimum absolute atomic E-state index is 0.0508. The third kappa shape index (κ3) is 12.0. The maximum atomic E-state index is 13.5. The maximum Gasteiger partial charge on any atom is 0.246 e. The number of nitrogens with zero attached hydrogens (tertiary/aromatic N) is 1. The smallest absolute Gasteiger partial charge is 0.246 e. The van der Waals surface area contributed by atoms with Gasteiger partial charge in [0.1, 0.15) is 18.7 Å². The molecule has 0 radical (unpaired) electrons. The van der Waals surface area contributed by atoms with Crippen molar-refractivity contribution in [3.63, 3.8) is 0 Å². The second-order valence-corrected chi connectivity index (χ2v) is 10.4. The Morgan fingerprint density at radius 1 is 1.06 bits per heavy atom. The molecule has 210 valence electrons. The molecule has 0 aromatic rings. The van der Waals surface area contributed by atoms with E-state index in [0.29, 0.717) is 38.9 Å². The molecule has 3 amide bonds. The Hall–Kier alpha value is -1.79. The minimum atomic E-state index is -0.880. The molecule has 0 aromatic heterocycles. The fourth-order valence-corrected chi connectivity index (χ4v) is 3.64. The number of rotatable bonds is 17. The maximum absolute atomic E-state index is 13.5. The van der Waals surface area contributed by atoms with Crippen LogP contribution >= 0.6 is 0 Å². The van der Waals surface area contributed by atoms with E-state index in [-0.39, 0.29) is 32.1 Å². The molecular formula is C25H48N4O7. The van der Waals surface area contributed by atoms with Crippen molar-refractivity contribution in [2.24, 2.45) is 11.3 Å². The van der Waals surface area contributed by atoms with Crippen molar-refractivity contribution in [1.82, 2.24) is 20.9 Å². The molecule has 11 nitrogen and oxygen atoms in total. The molecule has 1 saturated heterocycles. The Bertz CT molecular complexity index is 671. The van der Waals surface area contributed by atoms with E-state index >= 15 is 0 Å². The van der Waals surface area contributed by atoms with Crippen LogP contribution in [0.4, 0.5) is 0 Å². The molecule has 4 atom stereocenters. The van der Waals surface area contributed by atoms with Crippen LogP contribution in [-0.2, 0) is 28.6 Å². The van der Waals surface area contributed by atoms with Gasteiger partial charge in [-0.2, -0.15) is 0 Å². The third-order valence-electron chi connectivity index (χ3n) is 6.08. The predicted octanol–water partition coefficient (Wildman–Crippen LogP) is -0.0894. The molecule has 0 bridgehead atoms. The molecule has 1 heterocycles. The summed E-state index contributed by atoms with van der Waals surface area (Å²) in [6.07, 6.45) is 0.308. The molecule has 4 unspecified atom stereocenters. The van der Waals surface area contributed by atoms with Crippen LogP contribution in [0.3, 0.4) is 0 Å². The standard InChI is InChI=1S/C25H48N4O7/c1-7-18(2)15-27-23(32)20-14-19(30)16-29(20)24(33)22(25(3,4)5)28-21(31)17-36-13-12-35-11-10-34-9-8-26-6/h18-20,22,26,30H,7-17H2,1-6H3,(H,27,32)(H,28,31). The number of nitrogens with one attached hydrogen (secondary N) is 3. The molecule has 36 heavy (non-hydrogen) atoms. The first-order chi connectivity index (χ1) is 17.0. The third-order valence-corrected chi connectivity index (χ3v) is 6.08. The van der Waals surface area contributed by atoms with Crippen molar-refractivity contribution < 1.29 is 33.7 Å². The molecule has 0 spiro atoms. The number of amides is 3. The van der Waals surface area contributed by atoms with Crippen LogP contribution in [-0.4, -0.2) is 112 Å². The lowest BCUT2D eigenvalue weighted by atomic mass is 9.85. The molecular weight excluding hydrogens is 468 g/mol. The largest absolute Gasteiger partial charge is 0.391 e. The van der Waals surface area contributed by atoms with Gasteiger partial charge in [0.25, 0.3) is 0 Å². The highest BCUT2D eigenvalue weighted by atomic mass is 16.5. The zero-order chi connectivity index (χ0) is 27.1. The summed E-state index contributed by atoms with van der Waals surface area (Å²) in [6, 6.07) is -1.65. The Labute approximate surface area is 216 Å². The number of carbonyl (C=O) groups is 3. The van der Waals surface area contributed by atoms with Crippen molar-refractivity contribution >= 4 is 17.7 Å². The van der Waals surface area contributed by atoms with Crippen LogP contribution in [0.15, 0.2) is 0 Å². The van der Waals surface area contributed by atoms with E-state index in [0.717, 1.165) is 13.0 Å². The van der Waals surface area contributed by atoms with Crippen molar-refractivity contribution in [1.29, 1.82) is 0 Å². The summed E-state index contributed by atoms with van der Waals surface area (Å²) in [5.74, 6) is -0.794. The van der Waals surface area contributed by atoms with Gasteiger partial charge in [-0.1, -0.05) is 41.0 Å². The predicted molar refractivity (Wildman–Crippen MR) is 136 cm³/mol. The summed E-state index contributed by atoms with van der Waals surface area (Å²) in [7, 11) is 1.86. The Morgan fingerprint density at radius 2 is 1.67 bits per heavy atom. The van der Waals surface area contributed by atoms with E-state index in [9.17, 15) is 19.5 Å². The monoisotopic (exact) mass is 516 g/mol. The zero-order valence-corrected chi connectivity index (χ0v) is 22.9. The summed E-state index contributed by atoms with van der Waals surface area (Å²) in [5.41, 5.74) is -0.617.